The number of allylic oxidation sites excluding steroid dienone is 3. The molecule has 1 aromatic carbocycles. The van der Waals surface area contributed by atoms with Crippen LogP contribution >= 0.6 is 0 Å². The molecule has 0 amide bonds. The van der Waals surface area contributed by atoms with E-state index in [1.165, 1.54) is 23.1 Å². The number of hydrogen-bond acceptors (Lipinski definition) is 1. The Labute approximate surface area is 119 Å². The molecule has 19 heavy (non-hydrogen) atoms. The Morgan fingerprint density at radius 2 is 1.68 bits per heavy atom. The van der Waals surface area contributed by atoms with Gasteiger partial charge in [-0.15, -0.1) is 0 Å². The van der Waals surface area contributed by atoms with Gasteiger partial charge in [-0.25, -0.2) is 0 Å². The lowest BCUT2D eigenvalue weighted by molar-refractivity contribution is 0.277. The van der Waals surface area contributed by atoms with Crippen molar-refractivity contribution < 1.29 is 4.74 Å². The topological polar surface area (TPSA) is 9.23 Å². The van der Waals surface area contributed by atoms with Crippen LogP contribution in [0.4, 0.5) is 0 Å². The van der Waals surface area contributed by atoms with Crippen LogP contribution in [0.3, 0.4) is 0 Å². The fraction of sp³-hybridized carbons (Fsp3) is 0.444. The molecule has 0 aliphatic heterocycles. The van der Waals surface area contributed by atoms with Crippen molar-refractivity contribution >= 4 is 6.08 Å². The normalized spacial score (nSPS) is 11.3. The quantitative estimate of drug-likeness (QED) is 0.655. The van der Waals surface area contributed by atoms with Crippen LogP contribution in [0.1, 0.15) is 44.7 Å². The second kappa shape index (κ2) is 11.7. The smallest absolute Gasteiger partial charge is 0.0351 e. The molecule has 0 aromatic heterocycles. The van der Waals surface area contributed by atoms with E-state index >= 15 is 0 Å². The third-order valence-corrected chi connectivity index (χ3v) is 2.66. The Balaban J connectivity index is 0.000000982. The van der Waals surface area contributed by atoms with Crippen LogP contribution < -0.4 is 0 Å². The molecule has 0 aliphatic carbocycles. The molecule has 1 nitrogen and oxygen atoms in total. The highest BCUT2D eigenvalue weighted by Gasteiger charge is 1.93. The highest BCUT2D eigenvalue weighted by Crippen LogP contribution is 2.14. The van der Waals surface area contributed by atoms with Gasteiger partial charge in [0.25, 0.3) is 0 Å². The van der Waals surface area contributed by atoms with Gasteiger partial charge in [-0.2, -0.15) is 0 Å². The van der Waals surface area contributed by atoms with Gasteiger partial charge >= 0.3 is 0 Å². The molecule has 0 radical (unpaired) electrons. The fourth-order valence-electron chi connectivity index (χ4n) is 1.77. The van der Waals surface area contributed by atoms with Crippen molar-refractivity contribution in [1.29, 1.82) is 0 Å². The molecule has 0 unspecified atom stereocenters. The van der Waals surface area contributed by atoms with Crippen LogP contribution in [0.5, 0.6) is 0 Å². The summed E-state index contributed by atoms with van der Waals surface area (Å²) < 4.78 is 4.25. The first-order valence-electron chi connectivity index (χ1n) is 7.04. The standard InChI is InChI=1S/C16H22.C2H6O/c1-4-7-15(8-5-2)13-16-11-9-14(6-3)10-12-16;1-3-2/h4,7,9-13H,5-6,8H2,1-3H3;1-2H3/b7-4-,15-13+;. The number of rotatable bonds is 5. The Hall–Kier alpha value is -1.34. The van der Waals surface area contributed by atoms with Crippen LogP contribution in [0.2, 0.25) is 0 Å². The molecule has 0 bridgehead atoms. The Morgan fingerprint density at radius 1 is 1.11 bits per heavy atom. The summed E-state index contributed by atoms with van der Waals surface area (Å²) in [6.07, 6.45) is 10.1. The van der Waals surface area contributed by atoms with Crippen molar-refractivity contribution in [2.24, 2.45) is 0 Å². The summed E-state index contributed by atoms with van der Waals surface area (Å²) in [5.74, 6) is 0. The molecule has 0 atom stereocenters. The second-order valence-corrected chi connectivity index (χ2v) is 4.47. The average Bonchev–Trinajstić information content (AvgIpc) is 2.41. The first kappa shape index (κ1) is 17.7. The first-order chi connectivity index (χ1) is 9.21. The minimum atomic E-state index is 1.11. The van der Waals surface area contributed by atoms with Crippen LogP contribution in [0.15, 0.2) is 42.0 Å². The minimum Gasteiger partial charge on any atom is -0.388 e. The van der Waals surface area contributed by atoms with Gasteiger partial charge in [0, 0.05) is 14.2 Å². The van der Waals surface area contributed by atoms with Crippen molar-refractivity contribution in [1.82, 2.24) is 0 Å². The Morgan fingerprint density at radius 3 is 2.11 bits per heavy atom. The van der Waals surface area contributed by atoms with Gasteiger partial charge in [-0.1, -0.05) is 62.8 Å². The summed E-state index contributed by atoms with van der Waals surface area (Å²) in [6.45, 7) is 6.48. The zero-order chi connectivity index (χ0) is 14.5. The first-order valence-corrected chi connectivity index (χ1v) is 7.04. The van der Waals surface area contributed by atoms with Crippen molar-refractivity contribution in [3.05, 3.63) is 53.1 Å². The number of benzene rings is 1. The third-order valence-electron chi connectivity index (χ3n) is 2.66. The van der Waals surface area contributed by atoms with Crippen LogP contribution in [-0.2, 0) is 11.2 Å². The van der Waals surface area contributed by atoms with Crippen molar-refractivity contribution in [2.45, 2.75) is 40.0 Å². The minimum absolute atomic E-state index is 1.11. The Kier molecular flexibility index (Phi) is 10.9. The van der Waals surface area contributed by atoms with E-state index < -0.39 is 0 Å². The molecule has 1 heteroatoms. The number of hydrogen-bond donors (Lipinski definition) is 0. The lowest BCUT2D eigenvalue weighted by Crippen LogP contribution is -1.82. The van der Waals surface area contributed by atoms with Crippen molar-refractivity contribution in [3.63, 3.8) is 0 Å². The summed E-state index contributed by atoms with van der Waals surface area (Å²) in [4.78, 5) is 0. The molecular weight excluding hydrogens is 232 g/mol. The molecule has 0 spiro atoms. The van der Waals surface area contributed by atoms with E-state index in [2.05, 4.69) is 68.0 Å². The van der Waals surface area contributed by atoms with E-state index in [1.807, 2.05) is 0 Å². The zero-order valence-electron chi connectivity index (χ0n) is 13.1. The van der Waals surface area contributed by atoms with Gasteiger partial charge in [-0.3, -0.25) is 0 Å². The highest BCUT2D eigenvalue weighted by atomic mass is 16.4. The molecule has 0 N–H and O–H groups in total. The second-order valence-electron chi connectivity index (χ2n) is 4.47. The van der Waals surface area contributed by atoms with Crippen LogP contribution in [0.25, 0.3) is 6.08 Å². The maximum absolute atomic E-state index is 4.25. The summed E-state index contributed by atoms with van der Waals surface area (Å²) in [6, 6.07) is 8.84. The monoisotopic (exact) mass is 260 g/mol. The molecule has 0 aliphatic rings. The molecular formula is C18H28O. The SMILES string of the molecule is C/C=C\C(=C/c1ccc(CC)cc1)CCC.COC. The molecule has 0 saturated carbocycles. The van der Waals surface area contributed by atoms with E-state index in [-0.39, 0.29) is 0 Å². The van der Waals surface area contributed by atoms with E-state index in [1.54, 1.807) is 14.2 Å². The van der Waals surface area contributed by atoms with Gasteiger partial charge in [0.1, 0.15) is 0 Å². The van der Waals surface area contributed by atoms with E-state index in [0.717, 1.165) is 12.8 Å². The van der Waals surface area contributed by atoms with E-state index in [0.29, 0.717) is 0 Å². The number of ether oxygens (including phenoxy) is 1. The molecule has 0 fully saturated rings. The van der Waals surface area contributed by atoms with Gasteiger partial charge in [0.15, 0.2) is 0 Å². The molecule has 106 valence electrons. The van der Waals surface area contributed by atoms with Crippen LogP contribution in [0, 0.1) is 0 Å². The third kappa shape index (κ3) is 8.39. The average molecular weight is 260 g/mol. The lowest BCUT2D eigenvalue weighted by atomic mass is 10.0. The summed E-state index contributed by atoms with van der Waals surface area (Å²) in [5, 5.41) is 0. The lowest BCUT2D eigenvalue weighted by Gasteiger charge is -2.01. The van der Waals surface area contributed by atoms with Crippen molar-refractivity contribution in [2.75, 3.05) is 14.2 Å². The largest absolute Gasteiger partial charge is 0.388 e. The maximum atomic E-state index is 4.25. The number of methoxy groups -OCH3 is 1. The summed E-state index contributed by atoms with van der Waals surface area (Å²) in [5.41, 5.74) is 4.12. The van der Waals surface area contributed by atoms with Crippen molar-refractivity contribution in [3.8, 4) is 0 Å². The van der Waals surface area contributed by atoms with Gasteiger partial charge in [0.05, 0.1) is 0 Å². The predicted octanol–water partition coefficient (Wildman–Crippen LogP) is 5.27. The molecule has 1 aromatic rings. The predicted molar refractivity (Wildman–Crippen MR) is 86.5 cm³/mol. The van der Waals surface area contributed by atoms with Gasteiger partial charge in [-0.05, 0) is 36.5 Å². The van der Waals surface area contributed by atoms with E-state index in [9.17, 15) is 0 Å². The summed E-state index contributed by atoms with van der Waals surface area (Å²) in [7, 11) is 3.25. The fourth-order valence-corrected chi connectivity index (χ4v) is 1.77. The van der Waals surface area contributed by atoms with E-state index in [4.69, 9.17) is 0 Å². The number of aryl methyl sites for hydroxylation is 1. The summed E-state index contributed by atoms with van der Waals surface area (Å²) >= 11 is 0. The maximum Gasteiger partial charge on any atom is 0.0351 e. The molecule has 0 saturated heterocycles. The van der Waals surface area contributed by atoms with Crippen LogP contribution in [-0.4, -0.2) is 14.2 Å². The molecule has 0 heterocycles. The Bertz CT molecular complexity index is 371. The highest BCUT2D eigenvalue weighted by molar-refractivity contribution is 5.56. The van der Waals surface area contributed by atoms with Gasteiger partial charge < -0.3 is 4.74 Å². The molecule has 1 rings (SSSR count). The van der Waals surface area contributed by atoms with Gasteiger partial charge in [0.2, 0.25) is 0 Å². The zero-order valence-corrected chi connectivity index (χ0v) is 13.1.